The fourth-order valence-corrected chi connectivity index (χ4v) is 13.3. The standard InChI is InChI=1S/C62H41NS/c1-61(2)50-33-31-42(35-49(50)59-55(61)37-57-60(48-23-11-15-27-56(48)64-57)58(59)39-17-4-3-5-18-39)63(41-29-28-38-16-6-7-19-40(38)34-41)43-30-32-47-46-22-10-14-26-53(46)62(54(47)36-43)51-24-12-8-20-44(51)45-21-9-13-25-52(45)62/h3-37H,1-2H3. The molecule has 1 aromatic heterocycles. The van der Waals surface area contributed by atoms with Crippen molar-refractivity contribution in [2.24, 2.45) is 0 Å². The Balaban J connectivity index is 1.05. The minimum atomic E-state index is -0.440. The maximum atomic E-state index is 2.52. The van der Waals surface area contributed by atoms with Gasteiger partial charge in [0.15, 0.2) is 0 Å². The SMILES string of the molecule is CC1(C)c2ccc(N(c3ccc4c(c3)C3(c5ccccc5-c5ccccc53)c3ccccc3-4)c3ccc4ccccc4c3)cc2-c2c1cc1sc3ccccc3c1c2-c1ccccc1. The van der Waals surface area contributed by atoms with E-state index >= 15 is 0 Å². The lowest BCUT2D eigenvalue weighted by Crippen LogP contribution is -2.26. The number of nitrogens with zero attached hydrogens (tertiary/aromatic N) is 1. The van der Waals surface area contributed by atoms with Gasteiger partial charge in [-0.25, -0.2) is 0 Å². The van der Waals surface area contributed by atoms with Crippen molar-refractivity contribution in [1.29, 1.82) is 0 Å². The number of benzene rings is 10. The van der Waals surface area contributed by atoms with E-state index in [-0.39, 0.29) is 5.41 Å². The second-order valence-electron chi connectivity index (χ2n) is 18.3. The molecule has 11 aromatic rings. The molecule has 0 unspecified atom stereocenters. The zero-order valence-corrected chi connectivity index (χ0v) is 36.4. The van der Waals surface area contributed by atoms with E-state index in [1.165, 1.54) is 109 Å². The van der Waals surface area contributed by atoms with Crippen molar-refractivity contribution >= 4 is 59.3 Å². The lowest BCUT2D eigenvalue weighted by Gasteiger charge is -2.32. The van der Waals surface area contributed by atoms with Gasteiger partial charge < -0.3 is 4.90 Å². The predicted octanol–water partition coefficient (Wildman–Crippen LogP) is 17.0. The van der Waals surface area contributed by atoms with Crippen LogP contribution in [0.15, 0.2) is 212 Å². The molecule has 3 aliphatic rings. The van der Waals surface area contributed by atoms with Gasteiger partial charge in [0.05, 0.1) is 5.41 Å². The highest BCUT2D eigenvalue weighted by Gasteiger charge is 2.51. The van der Waals surface area contributed by atoms with Crippen LogP contribution in [0.2, 0.25) is 0 Å². The van der Waals surface area contributed by atoms with E-state index in [0.717, 1.165) is 17.1 Å². The van der Waals surface area contributed by atoms with Crippen LogP contribution in [-0.4, -0.2) is 0 Å². The molecule has 0 saturated heterocycles. The summed E-state index contributed by atoms with van der Waals surface area (Å²) in [4.78, 5) is 2.52. The van der Waals surface area contributed by atoms with Crippen LogP contribution in [0.3, 0.4) is 0 Å². The molecule has 1 nitrogen and oxygen atoms in total. The highest BCUT2D eigenvalue weighted by Crippen LogP contribution is 2.64. The van der Waals surface area contributed by atoms with E-state index in [0.29, 0.717) is 0 Å². The maximum absolute atomic E-state index is 2.52. The molecular formula is C62H41NS. The van der Waals surface area contributed by atoms with Crippen molar-refractivity contribution in [1.82, 2.24) is 0 Å². The second kappa shape index (κ2) is 13.0. The lowest BCUT2D eigenvalue weighted by atomic mass is 9.70. The Kier molecular flexibility index (Phi) is 7.32. The largest absolute Gasteiger partial charge is 0.310 e. The summed E-state index contributed by atoms with van der Waals surface area (Å²) in [6.45, 7) is 4.84. The van der Waals surface area contributed by atoms with Crippen molar-refractivity contribution in [2.75, 3.05) is 4.90 Å². The van der Waals surface area contributed by atoms with Gasteiger partial charge in [-0.05, 0) is 137 Å². The minimum absolute atomic E-state index is 0.195. The fourth-order valence-electron chi connectivity index (χ4n) is 12.1. The number of rotatable bonds is 4. The Morgan fingerprint density at radius 1 is 0.359 bits per heavy atom. The normalized spacial score (nSPS) is 14.3. The third kappa shape index (κ3) is 4.68. The Bertz CT molecular complexity index is 3710. The molecule has 14 rings (SSSR count). The Hall–Kier alpha value is -7.52. The summed E-state index contributed by atoms with van der Waals surface area (Å²) in [5.41, 5.74) is 21.4. The molecule has 0 bridgehead atoms. The van der Waals surface area contributed by atoms with Crippen LogP contribution in [-0.2, 0) is 10.8 Å². The first-order valence-corrected chi connectivity index (χ1v) is 23.2. The third-order valence-electron chi connectivity index (χ3n) is 14.8. The van der Waals surface area contributed by atoms with E-state index in [9.17, 15) is 0 Å². The molecule has 0 atom stereocenters. The molecular weight excluding hydrogens is 791 g/mol. The van der Waals surface area contributed by atoms with Crippen molar-refractivity contribution in [2.45, 2.75) is 24.7 Å². The second-order valence-corrected chi connectivity index (χ2v) is 19.4. The van der Waals surface area contributed by atoms with Crippen LogP contribution in [0.5, 0.6) is 0 Å². The van der Waals surface area contributed by atoms with Crippen LogP contribution in [0.25, 0.3) is 75.5 Å². The van der Waals surface area contributed by atoms with E-state index in [2.05, 4.69) is 231 Å². The maximum Gasteiger partial charge on any atom is 0.0726 e. The quantitative estimate of drug-likeness (QED) is 0.171. The predicted molar refractivity (Wildman–Crippen MR) is 271 cm³/mol. The molecule has 0 amide bonds. The van der Waals surface area contributed by atoms with Gasteiger partial charge in [-0.3, -0.25) is 0 Å². The van der Waals surface area contributed by atoms with Gasteiger partial charge >= 0.3 is 0 Å². The number of hydrogen-bond donors (Lipinski definition) is 0. The Morgan fingerprint density at radius 2 is 0.922 bits per heavy atom. The third-order valence-corrected chi connectivity index (χ3v) is 16.0. The first-order chi connectivity index (χ1) is 31.5. The van der Waals surface area contributed by atoms with Gasteiger partial charge in [0.2, 0.25) is 0 Å². The molecule has 0 N–H and O–H groups in total. The number of anilines is 3. The van der Waals surface area contributed by atoms with Crippen LogP contribution in [0.4, 0.5) is 17.1 Å². The van der Waals surface area contributed by atoms with Gasteiger partial charge in [0, 0.05) is 42.6 Å². The molecule has 64 heavy (non-hydrogen) atoms. The van der Waals surface area contributed by atoms with Gasteiger partial charge in [-0.1, -0.05) is 178 Å². The Morgan fingerprint density at radius 3 is 1.66 bits per heavy atom. The highest BCUT2D eigenvalue weighted by atomic mass is 32.1. The zero-order chi connectivity index (χ0) is 42.3. The lowest BCUT2D eigenvalue weighted by molar-refractivity contribution is 0.661. The average molecular weight is 832 g/mol. The van der Waals surface area contributed by atoms with Gasteiger partial charge in [0.25, 0.3) is 0 Å². The molecule has 0 radical (unpaired) electrons. The smallest absolute Gasteiger partial charge is 0.0726 e. The first kappa shape index (κ1) is 36.0. The summed E-state index contributed by atoms with van der Waals surface area (Å²) in [5, 5.41) is 5.14. The summed E-state index contributed by atoms with van der Waals surface area (Å²) < 4.78 is 2.68. The summed E-state index contributed by atoms with van der Waals surface area (Å²) in [5.74, 6) is 0. The molecule has 0 aliphatic heterocycles. The van der Waals surface area contributed by atoms with Crippen molar-refractivity contribution in [3.8, 4) is 44.5 Å². The molecule has 0 saturated carbocycles. The Labute approximate surface area is 377 Å². The minimum Gasteiger partial charge on any atom is -0.310 e. The van der Waals surface area contributed by atoms with Crippen LogP contribution >= 0.6 is 11.3 Å². The van der Waals surface area contributed by atoms with Crippen LogP contribution in [0.1, 0.15) is 47.2 Å². The number of fused-ring (bicyclic) bond motifs is 17. The highest BCUT2D eigenvalue weighted by molar-refractivity contribution is 7.26. The monoisotopic (exact) mass is 831 g/mol. The molecule has 300 valence electrons. The zero-order valence-electron chi connectivity index (χ0n) is 35.6. The molecule has 1 heterocycles. The topological polar surface area (TPSA) is 3.24 Å². The molecule has 2 heteroatoms. The average Bonchev–Trinajstić information content (AvgIpc) is 4.03. The van der Waals surface area contributed by atoms with E-state index in [1.807, 2.05) is 11.3 Å². The van der Waals surface area contributed by atoms with Gasteiger partial charge in [-0.2, -0.15) is 0 Å². The first-order valence-electron chi connectivity index (χ1n) is 22.4. The van der Waals surface area contributed by atoms with E-state index < -0.39 is 5.41 Å². The molecule has 3 aliphatic carbocycles. The van der Waals surface area contributed by atoms with Gasteiger partial charge in [0.1, 0.15) is 0 Å². The summed E-state index contributed by atoms with van der Waals surface area (Å²) in [7, 11) is 0. The fraction of sp³-hybridized carbons (Fsp3) is 0.0645. The van der Waals surface area contributed by atoms with E-state index in [4.69, 9.17) is 0 Å². The van der Waals surface area contributed by atoms with Gasteiger partial charge in [-0.15, -0.1) is 11.3 Å². The van der Waals surface area contributed by atoms with Crippen LogP contribution in [0, 0.1) is 0 Å². The summed E-state index contributed by atoms with van der Waals surface area (Å²) >= 11 is 1.92. The van der Waals surface area contributed by atoms with E-state index in [1.54, 1.807) is 0 Å². The molecule has 10 aromatic carbocycles. The molecule has 1 spiro atoms. The molecule has 0 fully saturated rings. The summed E-state index contributed by atoms with van der Waals surface area (Å²) in [6, 6.07) is 80.1. The van der Waals surface area contributed by atoms with Crippen molar-refractivity contribution < 1.29 is 0 Å². The van der Waals surface area contributed by atoms with Crippen LogP contribution < -0.4 is 4.90 Å². The van der Waals surface area contributed by atoms with Crippen molar-refractivity contribution in [3.63, 3.8) is 0 Å². The summed E-state index contributed by atoms with van der Waals surface area (Å²) in [6.07, 6.45) is 0. The number of hydrogen-bond acceptors (Lipinski definition) is 2. The number of thiophene rings is 1. The van der Waals surface area contributed by atoms with Crippen molar-refractivity contribution in [3.05, 3.63) is 246 Å².